The van der Waals surface area contributed by atoms with Crippen LogP contribution < -0.4 is 0 Å². The molecule has 0 unspecified atom stereocenters. The van der Waals surface area contributed by atoms with Gasteiger partial charge in [-0.2, -0.15) is 0 Å². The molecule has 0 atom stereocenters. The highest BCUT2D eigenvalue weighted by Crippen LogP contribution is 2.33. The van der Waals surface area contributed by atoms with Crippen LogP contribution in [-0.4, -0.2) is 60.2 Å². The van der Waals surface area contributed by atoms with Crippen molar-refractivity contribution in [3.63, 3.8) is 0 Å². The molecule has 6 nitrogen and oxygen atoms in total. The molecule has 2 saturated heterocycles. The molecule has 0 aromatic heterocycles. The molecule has 3 aliphatic rings. The van der Waals surface area contributed by atoms with Crippen molar-refractivity contribution in [1.82, 2.24) is 9.80 Å². The number of ketones is 2. The van der Waals surface area contributed by atoms with Crippen molar-refractivity contribution in [1.29, 1.82) is 0 Å². The number of likely N-dealkylation sites (tertiary alicyclic amines) is 2. The average Bonchev–Trinajstić information content (AvgIpc) is 3.34. The van der Waals surface area contributed by atoms with Crippen molar-refractivity contribution < 1.29 is 9.59 Å². The SMILES string of the molecule is CN1CCCC1=Nc1ccc2c(c1)C(=O)c1ccc(N=C3CCCN3C)cc1C2=O. The third kappa shape index (κ3) is 3.12. The largest absolute Gasteiger partial charge is 0.363 e. The predicted molar refractivity (Wildman–Crippen MR) is 118 cm³/mol. The van der Waals surface area contributed by atoms with E-state index in [-0.39, 0.29) is 11.6 Å². The van der Waals surface area contributed by atoms with E-state index in [0.29, 0.717) is 22.3 Å². The Morgan fingerprint density at radius 3 is 1.47 bits per heavy atom. The number of amidine groups is 2. The highest BCUT2D eigenvalue weighted by molar-refractivity contribution is 6.28. The quantitative estimate of drug-likeness (QED) is 0.653. The lowest BCUT2D eigenvalue weighted by atomic mass is 9.83. The van der Waals surface area contributed by atoms with Gasteiger partial charge in [0.1, 0.15) is 11.7 Å². The molecule has 1 aliphatic carbocycles. The number of carbonyl (C=O) groups is 2. The van der Waals surface area contributed by atoms with Gasteiger partial charge in [-0.25, -0.2) is 9.98 Å². The van der Waals surface area contributed by atoms with E-state index in [4.69, 9.17) is 9.98 Å². The Bertz CT molecular complexity index is 1040. The Hall–Kier alpha value is -3.28. The van der Waals surface area contributed by atoms with Crippen molar-refractivity contribution >= 4 is 34.6 Å². The smallest absolute Gasteiger partial charge is 0.194 e. The van der Waals surface area contributed by atoms with Gasteiger partial charge >= 0.3 is 0 Å². The molecule has 2 aliphatic heterocycles. The summed E-state index contributed by atoms with van der Waals surface area (Å²) in [5.74, 6) is 1.79. The molecular formula is C24H24N4O2. The number of fused-ring (bicyclic) bond motifs is 2. The van der Waals surface area contributed by atoms with Crippen LogP contribution in [-0.2, 0) is 0 Å². The van der Waals surface area contributed by atoms with Gasteiger partial charge in [-0.05, 0) is 49.2 Å². The van der Waals surface area contributed by atoms with E-state index >= 15 is 0 Å². The Morgan fingerprint density at radius 2 is 1.10 bits per heavy atom. The van der Waals surface area contributed by atoms with Crippen molar-refractivity contribution in [2.45, 2.75) is 25.7 Å². The van der Waals surface area contributed by atoms with Gasteiger partial charge in [-0.1, -0.05) is 0 Å². The minimum Gasteiger partial charge on any atom is -0.363 e. The maximum absolute atomic E-state index is 13.2. The number of carbonyl (C=O) groups excluding carboxylic acids is 2. The van der Waals surface area contributed by atoms with Crippen molar-refractivity contribution in [3.05, 3.63) is 58.7 Å². The fraction of sp³-hybridized carbons (Fsp3) is 0.333. The van der Waals surface area contributed by atoms with E-state index in [0.717, 1.165) is 61.8 Å². The van der Waals surface area contributed by atoms with Crippen LogP contribution in [0.4, 0.5) is 11.4 Å². The van der Waals surface area contributed by atoms with Gasteiger partial charge in [0.2, 0.25) is 0 Å². The lowest BCUT2D eigenvalue weighted by Gasteiger charge is -2.19. The van der Waals surface area contributed by atoms with Gasteiger partial charge in [0.25, 0.3) is 0 Å². The Balaban J connectivity index is 1.51. The topological polar surface area (TPSA) is 65.3 Å². The zero-order valence-electron chi connectivity index (χ0n) is 17.3. The molecule has 2 heterocycles. The zero-order valence-corrected chi connectivity index (χ0v) is 17.3. The summed E-state index contributed by atoms with van der Waals surface area (Å²) in [6, 6.07) is 10.6. The zero-order chi connectivity index (χ0) is 20.8. The molecule has 2 aromatic carbocycles. The maximum atomic E-state index is 13.2. The van der Waals surface area contributed by atoms with Crippen LogP contribution in [0.2, 0.25) is 0 Å². The summed E-state index contributed by atoms with van der Waals surface area (Å²) in [5.41, 5.74) is 3.19. The molecule has 6 heteroatoms. The van der Waals surface area contributed by atoms with Gasteiger partial charge in [0.15, 0.2) is 11.6 Å². The molecule has 0 saturated carbocycles. The molecular weight excluding hydrogens is 376 g/mol. The number of aliphatic imine (C=N–C) groups is 2. The highest BCUT2D eigenvalue weighted by Gasteiger charge is 2.30. The minimum absolute atomic E-state index is 0.126. The lowest BCUT2D eigenvalue weighted by molar-refractivity contribution is 0.0979. The summed E-state index contributed by atoms with van der Waals surface area (Å²) < 4.78 is 0. The average molecular weight is 400 g/mol. The van der Waals surface area contributed by atoms with Gasteiger partial charge in [0.05, 0.1) is 11.4 Å². The third-order valence-corrected chi connectivity index (χ3v) is 6.17. The molecule has 0 amide bonds. The second-order valence-electron chi connectivity index (χ2n) is 8.22. The highest BCUT2D eigenvalue weighted by atomic mass is 16.1. The van der Waals surface area contributed by atoms with Crippen LogP contribution in [0, 0.1) is 0 Å². The summed E-state index contributed by atoms with van der Waals surface area (Å²) in [7, 11) is 4.05. The van der Waals surface area contributed by atoms with Gasteiger partial charge in [-0.3, -0.25) is 9.59 Å². The number of hydrogen-bond donors (Lipinski definition) is 0. The summed E-state index contributed by atoms with van der Waals surface area (Å²) in [6.45, 7) is 1.99. The second kappa shape index (κ2) is 7.20. The number of nitrogens with zero attached hydrogens (tertiary/aromatic N) is 4. The van der Waals surface area contributed by atoms with E-state index in [2.05, 4.69) is 9.80 Å². The van der Waals surface area contributed by atoms with E-state index < -0.39 is 0 Å². The summed E-state index contributed by atoms with van der Waals surface area (Å²) >= 11 is 0. The first-order chi connectivity index (χ1) is 14.5. The minimum atomic E-state index is -0.126. The van der Waals surface area contributed by atoms with E-state index in [1.165, 1.54) is 0 Å². The van der Waals surface area contributed by atoms with Crippen LogP contribution in [0.15, 0.2) is 46.4 Å². The molecule has 0 N–H and O–H groups in total. The van der Waals surface area contributed by atoms with E-state index in [9.17, 15) is 9.59 Å². The van der Waals surface area contributed by atoms with Crippen LogP contribution in [0.5, 0.6) is 0 Å². The maximum Gasteiger partial charge on any atom is 0.194 e. The van der Waals surface area contributed by atoms with Crippen LogP contribution in [0.25, 0.3) is 0 Å². The van der Waals surface area contributed by atoms with Crippen molar-refractivity contribution in [2.75, 3.05) is 27.2 Å². The predicted octanol–water partition coefficient (Wildman–Crippen LogP) is 3.97. The molecule has 0 bridgehead atoms. The molecule has 2 aromatic rings. The molecule has 0 spiro atoms. The number of hydrogen-bond acceptors (Lipinski definition) is 4. The first kappa shape index (κ1) is 18.7. The second-order valence-corrected chi connectivity index (χ2v) is 8.22. The number of benzene rings is 2. The standard InChI is InChI=1S/C24H24N4O2/c1-27-11-3-5-21(27)25-15-7-9-17-19(13-15)23(29)18-10-8-16(14-20(18)24(17)30)26-22-6-4-12-28(22)2/h7-10,13-14H,3-6,11-12H2,1-2H3. The summed E-state index contributed by atoms with van der Waals surface area (Å²) in [4.78, 5) is 40.0. The fourth-order valence-electron chi connectivity index (χ4n) is 4.43. The first-order valence-corrected chi connectivity index (χ1v) is 10.5. The van der Waals surface area contributed by atoms with Crippen LogP contribution >= 0.6 is 0 Å². The van der Waals surface area contributed by atoms with Gasteiger partial charge < -0.3 is 9.80 Å². The molecule has 152 valence electrons. The fourth-order valence-corrected chi connectivity index (χ4v) is 4.43. The van der Waals surface area contributed by atoms with Gasteiger partial charge in [-0.15, -0.1) is 0 Å². The normalized spacial score (nSPS) is 21.0. The summed E-state index contributed by atoms with van der Waals surface area (Å²) in [6.07, 6.45) is 4.05. The first-order valence-electron chi connectivity index (χ1n) is 10.5. The van der Waals surface area contributed by atoms with Crippen molar-refractivity contribution in [3.8, 4) is 0 Å². The molecule has 2 fully saturated rings. The summed E-state index contributed by atoms with van der Waals surface area (Å²) in [5, 5.41) is 0. The number of rotatable bonds is 2. The third-order valence-electron chi connectivity index (χ3n) is 6.17. The van der Waals surface area contributed by atoms with Crippen LogP contribution in [0.1, 0.15) is 57.5 Å². The molecule has 0 radical (unpaired) electrons. The lowest BCUT2D eigenvalue weighted by Crippen LogP contribution is -2.21. The van der Waals surface area contributed by atoms with Gasteiger partial charge in [0, 0.05) is 62.3 Å². The Labute approximate surface area is 175 Å². The Morgan fingerprint density at radius 1 is 0.667 bits per heavy atom. The van der Waals surface area contributed by atoms with Crippen molar-refractivity contribution in [2.24, 2.45) is 9.98 Å². The van der Waals surface area contributed by atoms with Crippen LogP contribution in [0.3, 0.4) is 0 Å². The monoisotopic (exact) mass is 400 g/mol. The Kier molecular flexibility index (Phi) is 4.50. The molecule has 5 rings (SSSR count). The van der Waals surface area contributed by atoms with E-state index in [1.54, 1.807) is 24.3 Å². The van der Waals surface area contributed by atoms with E-state index in [1.807, 2.05) is 26.2 Å². The molecule has 30 heavy (non-hydrogen) atoms.